The van der Waals surface area contributed by atoms with Crippen molar-refractivity contribution in [3.05, 3.63) is 57.3 Å². The van der Waals surface area contributed by atoms with Crippen LogP contribution in [-0.4, -0.2) is 34.8 Å². The van der Waals surface area contributed by atoms with Crippen LogP contribution < -0.4 is 4.74 Å². The molecule has 1 aromatic heterocycles. The molecule has 0 saturated carbocycles. The van der Waals surface area contributed by atoms with E-state index in [9.17, 15) is 14.7 Å². The van der Waals surface area contributed by atoms with E-state index in [1.807, 2.05) is 38.3 Å². The lowest BCUT2D eigenvalue weighted by molar-refractivity contribution is -0.139. The zero-order chi connectivity index (χ0) is 21.0. The topological polar surface area (TPSA) is 66.8 Å². The second-order valence-electron chi connectivity index (χ2n) is 7.19. The molecular formula is C23H27NO4S. The van der Waals surface area contributed by atoms with Gasteiger partial charge in [0.1, 0.15) is 11.5 Å². The number of benzene rings is 1. The standard InChI is InChI=1S/C23H27NO4S/c1-4-6-11-24-20(18-8-7-13-29-18)19(22(26)23(24)27)21(25)16-9-10-17(15(3)14-16)28-12-5-2/h7-10,13-14,20,25H,4-6,11-12H2,1-3H3/b21-19-. The van der Waals surface area contributed by atoms with Gasteiger partial charge in [0.15, 0.2) is 0 Å². The second kappa shape index (κ2) is 9.27. The van der Waals surface area contributed by atoms with Gasteiger partial charge in [-0.2, -0.15) is 0 Å². The number of rotatable bonds is 8. The Morgan fingerprint density at radius 3 is 2.62 bits per heavy atom. The Hall–Kier alpha value is -2.60. The molecule has 1 aliphatic heterocycles. The molecule has 1 N–H and O–H groups in total. The van der Waals surface area contributed by atoms with Crippen LogP contribution in [0.3, 0.4) is 0 Å². The van der Waals surface area contributed by atoms with Gasteiger partial charge in [-0.25, -0.2) is 0 Å². The maximum Gasteiger partial charge on any atom is 0.295 e. The van der Waals surface area contributed by atoms with Gasteiger partial charge in [0.05, 0.1) is 18.2 Å². The van der Waals surface area contributed by atoms with E-state index in [0.29, 0.717) is 18.7 Å². The van der Waals surface area contributed by atoms with Crippen LogP contribution in [0, 0.1) is 6.92 Å². The summed E-state index contributed by atoms with van der Waals surface area (Å²) in [6, 6.07) is 8.58. The molecule has 0 spiro atoms. The van der Waals surface area contributed by atoms with Crippen LogP contribution in [0.5, 0.6) is 5.75 Å². The van der Waals surface area contributed by atoms with E-state index in [1.165, 1.54) is 11.3 Å². The predicted octanol–water partition coefficient (Wildman–Crippen LogP) is 5.07. The molecule has 6 heteroatoms. The number of nitrogens with zero attached hydrogens (tertiary/aromatic N) is 1. The van der Waals surface area contributed by atoms with Gasteiger partial charge < -0.3 is 14.7 Å². The molecule has 1 aromatic carbocycles. The van der Waals surface area contributed by atoms with Crippen LogP contribution in [-0.2, 0) is 9.59 Å². The molecule has 0 bridgehead atoms. The van der Waals surface area contributed by atoms with Gasteiger partial charge in [0.25, 0.3) is 11.7 Å². The fourth-order valence-electron chi connectivity index (χ4n) is 3.51. The number of carbonyl (C=O) groups is 2. The predicted molar refractivity (Wildman–Crippen MR) is 115 cm³/mol. The third kappa shape index (κ3) is 4.22. The summed E-state index contributed by atoms with van der Waals surface area (Å²) in [5.74, 6) is -0.550. The lowest BCUT2D eigenvalue weighted by Crippen LogP contribution is -2.30. The van der Waals surface area contributed by atoms with Crippen molar-refractivity contribution in [1.82, 2.24) is 4.90 Å². The highest BCUT2D eigenvalue weighted by atomic mass is 32.1. The first-order chi connectivity index (χ1) is 14.0. The van der Waals surface area contributed by atoms with Gasteiger partial charge in [0, 0.05) is 17.0 Å². The number of ketones is 1. The fraction of sp³-hybridized carbons (Fsp3) is 0.391. The molecule has 1 atom stereocenters. The normalized spacial score (nSPS) is 18.4. The Balaban J connectivity index is 2.05. The van der Waals surface area contributed by atoms with E-state index in [-0.39, 0.29) is 11.3 Å². The molecule has 1 amide bonds. The van der Waals surface area contributed by atoms with Crippen molar-refractivity contribution in [2.24, 2.45) is 0 Å². The van der Waals surface area contributed by atoms with Crippen molar-refractivity contribution < 1.29 is 19.4 Å². The van der Waals surface area contributed by atoms with Crippen molar-refractivity contribution in [2.75, 3.05) is 13.2 Å². The minimum Gasteiger partial charge on any atom is -0.507 e. The van der Waals surface area contributed by atoms with Crippen molar-refractivity contribution in [3.8, 4) is 5.75 Å². The van der Waals surface area contributed by atoms with Crippen LogP contribution >= 0.6 is 11.3 Å². The molecule has 1 aliphatic rings. The SMILES string of the molecule is CCCCN1C(=O)C(=O)/C(=C(\O)c2ccc(OCCC)c(C)c2)C1c1cccs1. The van der Waals surface area contributed by atoms with Crippen LogP contribution in [0.15, 0.2) is 41.3 Å². The first-order valence-corrected chi connectivity index (χ1v) is 10.9. The summed E-state index contributed by atoms with van der Waals surface area (Å²) in [7, 11) is 0. The zero-order valence-electron chi connectivity index (χ0n) is 17.1. The highest BCUT2D eigenvalue weighted by Crippen LogP contribution is 2.41. The van der Waals surface area contributed by atoms with E-state index < -0.39 is 17.7 Å². The number of amides is 1. The van der Waals surface area contributed by atoms with Gasteiger partial charge >= 0.3 is 0 Å². The maximum atomic E-state index is 12.9. The second-order valence-corrected chi connectivity index (χ2v) is 8.17. The van der Waals surface area contributed by atoms with Crippen LogP contribution in [0.4, 0.5) is 0 Å². The summed E-state index contributed by atoms with van der Waals surface area (Å²) in [4.78, 5) is 28.0. The molecule has 29 heavy (non-hydrogen) atoms. The number of hydrogen-bond donors (Lipinski definition) is 1. The van der Waals surface area contributed by atoms with Crippen molar-refractivity contribution in [3.63, 3.8) is 0 Å². The van der Waals surface area contributed by atoms with E-state index in [1.54, 1.807) is 23.1 Å². The minimum atomic E-state index is -0.624. The third-order valence-electron chi connectivity index (χ3n) is 5.02. The van der Waals surface area contributed by atoms with Crippen LogP contribution in [0.25, 0.3) is 5.76 Å². The summed E-state index contributed by atoms with van der Waals surface area (Å²) in [6.07, 6.45) is 2.62. The largest absolute Gasteiger partial charge is 0.507 e. The molecule has 0 aliphatic carbocycles. The number of ether oxygens (including phenoxy) is 1. The van der Waals surface area contributed by atoms with Crippen molar-refractivity contribution in [2.45, 2.75) is 46.1 Å². The molecule has 1 fully saturated rings. The maximum absolute atomic E-state index is 12.9. The molecule has 3 rings (SSSR count). The number of hydrogen-bond acceptors (Lipinski definition) is 5. The quantitative estimate of drug-likeness (QED) is 0.373. The molecule has 5 nitrogen and oxygen atoms in total. The average Bonchev–Trinajstić information content (AvgIpc) is 3.32. The van der Waals surface area contributed by atoms with Gasteiger partial charge in [-0.15, -0.1) is 11.3 Å². The summed E-state index contributed by atoms with van der Waals surface area (Å²) >= 11 is 1.48. The van der Waals surface area contributed by atoms with E-state index in [0.717, 1.165) is 35.5 Å². The number of carbonyl (C=O) groups excluding carboxylic acids is 2. The Morgan fingerprint density at radius 2 is 2.00 bits per heavy atom. The van der Waals surface area contributed by atoms with Gasteiger partial charge in [-0.05, 0) is 55.0 Å². The number of likely N-dealkylation sites (tertiary alicyclic amines) is 1. The van der Waals surface area contributed by atoms with Crippen LogP contribution in [0.2, 0.25) is 0 Å². The summed E-state index contributed by atoms with van der Waals surface area (Å²) in [5, 5.41) is 13.0. The number of aliphatic hydroxyl groups excluding tert-OH is 1. The first-order valence-electron chi connectivity index (χ1n) is 10.0. The lowest BCUT2D eigenvalue weighted by atomic mass is 9.98. The molecule has 0 radical (unpaired) electrons. The van der Waals surface area contributed by atoms with E-state index in [2.05, 4.69) is 0 Å². The van der Waals surface area contributed by atoms with Gasteiger partial charge in [-0.1, -0.05) is 26.3 Å². The van der Waals surface area contributed by atoms with Crippen molar-refractivity contribution >= 4 is 28.8 Å². The average molecular weight is 414 g/mol. The van der Waals surface area contributed by atoms with Crippen LogP contribution in [0.1, 0.15) is 55.2 Å². The number of aryl methyl sites for hydroxylation is 1. The number of unbranched alkanes of at least 4 members (excludes halogenated alkanes) is 1. The molecule has 1 saturated heterocycles. The minimum absolute atomic E-state index is 0.133. The zero-order valence-corrected chi connectivity index (χ0v) is 17.9. The molecule has 2 aromatic rings. The number of aliphatic hydroxyl groups is 1. The fourth-order valence-corrected chi connectivity index (χ4v) is 4.35. The smallest absolute Gasteiger partial charge is 0.295 e. The molecule has 154 valence electrons. The third-order valence-corrected chi connectivity index (χ3v) is 5.94. The Kier molecular flexibility index (Phi) is 6.75. The summed E-state index contributed by atoms with van der Waals surface area (Å²) in [6.45, 7) is 7.09. The Bertz CT molecular complexity index is 917. The molecule has 2 heterocycles. The molecule has 1 unspecified atom stereocenters. The summed E-state index contributed by atoms with van der Waals surface area (Å²) < 4.78 is 5.70. The summed E-state index contributed by atoms with van der Waals surface area (Å²) in [5.41, 5.74) is 1.55. The van der Waals surface area contributed by atoms with E-state index in [4.69, 9.17) is 4.74 Å². The number of thiophene rings is 1. The molecular weight excluding hydrogens is 386 g/mol. The monoisotopic (exact) mass is 413 g/mol. The lowest BCUT2D eigenvalue weighted by Gasteiger charge is -2.23. The van der Waals surface area contributed by atoms with E-state index >= 15 is 0 Å². The Labute approximate surface area is 175 Å². The highest BCUT2D eigenvalue weighted by Gasteiger charge is 2.46. The first kappa shape index (κ1) is 21.1. The highest BCUT2D eigenvalue weighted by molar-refractivity contribution is 7.10. The van der Waals surface area contributed by atoms with Gasteiger partial charge in [-0.3, -0.25) is 9.59 Å². The van der Waals surface area contributed by atoms with Gasteiger partial charge in [0.2, 0.25) is 0 Å². The van der Waals surface area contributed by atoms with Crippen molar-refractivity contribution in [1.29, 1.82) is 0 Å². The Morgan fingerprint density at radius 1 is 1.21 bits per heavy atom. The number of Topliss-reactive ketones (excluding diaryl/α,β-unsaturated/α-hetero) is 1.